The summed E-state index contributed by atoms with van der Waals surface area (Å²) in [5.74, 6) is -0.0272. The first-order valence-corrected chi connectivity index (χ1v) is 9.15. The Balaban J connectivity index is 1.71. The molecule has 2 amide bonds. The Morgan fingerprint density at radius 1 is 1.20 bits per heavy atom. The van der Waals surface area contributed by atoms with E-state index in [0.717, 1.165) is 24.9 Å². The Kier molecular flexibility index (Phi) is 4.76. The summed E-state index contributed by atoms with van der Waals surface area (Å²) in [6, 6.07) is 8.27. The smallest absolute Gasteiger partial charge is 0.410 e. The van der Waals surface area contributed by atoms with E-state index in [1.165, 1.54) is 5.56 Å². The van der Waals surface area contributed by atoms with Crippen LogP contribution < -0.4 is 4.90 Å². The second-order valence-corrected chi connectivity index (χ2v) is 8.16. The number of anilines is 1. The van der Waals surface area contributed by atoms with Gasteiger partial charge in [-0.1, -0.05) is 18.2 Å². The monoisotopic (exact) mass is 344 g/mol. The molecule has 5 heteroatoms. The molecule has 0 aromatic heterocycles. The predicted octanol–water partition coefficient (Wildman–Crippen LogP) is 3.61. The molecule has 2 aliphatic rings. The molecule has 2 aliphatic heterocycles. The molecule has 0 aliphatic carbocycles. The van der Waals surface area contributed by atoms with Crippen LogP contribution in [0.4, 0.5) is 10.5 Å². The van der Waals surface area contributed by atoms with Gasteiger partial charge in [-0.05, 0) is 58.6 Å². The van der Waals surface area contributed by atoms with Crippen molar-refractivity contribution in [2.45, 2.75) is 58.6 Å². The van der Waals surface area contributed by atoms with Crippen LogP contribution in [0.1, 0.15) is 46.1 Å². The molecule has 0 bridgehead atoms. The minimum atomic E-state index is -0.517. The van der Waals surface area contributed by atoms with Crippen molar-refractivity contribution in [2.24, 2.45) is 5.92 Å². The van der Waals surface area contributed by atoms with Gasteiger partial charge >= 0.3 is 6.09 Å². The number of fused-ring (bicyclic) bond motifs is 1. The summed E-state index contributed by atoms with van der Waals surface area (Å²) < 4.78 is 5.47. The lowest BCUT2D eigenvalue weighted by atomic mass is 9.96. The first-order valence-electron chi connectivity index (χ1n) is 9.15. The highest BCUT2D eigenvalue weighted by Crippen LogP contribution is 2.34. The number of nitrogens with zero attached hydrogens (tertiary/aromatic N) is 2. The van der Waals surface area contributed by atoms with E-state index in [1.807, 2.05) is 43.9 Å². The Bertz CT molecular complexity index is 665. The first kappa shape index (κ1) is 17.8. The largest absolute Gasteiger partial charge is 0.444 e. The van der Waals surface area contributed by atoms with Crippen LogP contribution >= 0.6 is 0 Å². The average molecular weight is 344 g/mol. The highest BCUT2D eigenvalue weighted by Gasteiger charge is 2.37. The molecule has 2 atom stereocenters. The van der Waals surface area contributed by atoms with E-state index in [2.05, 4.69) is 13.0 Å². The molecule has 1 aromatic carbocycles. The fourth-order valence-electron chi connectivity index (χ4n) is 3.77. The maximum absolute atomic E-state index is 13.2. The van der Waals surface area contributed by atoms with E-state index < -0.39 is 5.60 Å². The summed E-state index contributed by atoms with van der Waals surface area (Å²) in [5.41, 5.74) is 1.73. The Hall–Kier alpha value is -2.04. The molecule has 0 radical (unpaired) electrons. The van der Waals surface area contributed by atoms with E-state index >= 15 is 0 Å². The number of hydrogen-bond acceptors (Lipinski definition) is 3. The van der Waals surface area contributed by atoms with Gasteiger partial charge in [-0.3, -0.25) is 4.79 Å². The number of benzene rings is 1. The predicted molar refractivity (Wildman–Crippen MR) is 97.6 cm³/mol. The normalized spacial score (nSPS) is 23.4. The number of ether oxygens (including phenoxy) is 1. The molecule has 0 saturated carbocycles. The lowest BCUT2D eigenvalue weighted by Gasteiger charge is -2.36. The molecule has 0 spiro atoms. The lowest BCUT2D eigenvalue weighted by Crippen LogP contribution is -2.49. The van der Waals surface area contributed by atoms with Crippen molar-refractivity contribution >= 4 is 17.7 Å². The molecule has 3 rings (SSSR count). The van der Waals surface area contributed by atoms with Crippen LogP contribution in [0.2, 0.25) is 0 Å². The molecule has 0 N–H and O–H groups in total. The van der Waals surface area contributed by atoms with Crippen molar-refractivity contribution < 1.29 is 14.3 Å². The second kappa shape index (κ2) is 6.70. The van der Waals surface area contributed by atoms with Gasteiger partial charge in [0, 0.05) is 24.8 Å². The zero-order valence-corrected chi connectivity index (χ0v) is 15.6. The Morgan fingerprint density at radius 2 is 1.92 bits per heavy atom. The average Bonchev–Trinajstić information content (AvgIpc) is 2.88. The summed E-state index contributed by atoms with van der Waals surface area (Å²) >= 11 is 0. The molecule has 1 aromatic rings. The van der Waals surface area contributed by atoms with Crippen LogP contribution in [0.15, 0.2) is 24.3 Å². The fraction of sp³-hybridized carbons (Fsp3) is 0.600. The zero-order valence-electron chi connectivity index (χ0n) is 15.6. The minimum Gasteiger partial charge on any atom is -0.444 e. The van der Waals surface area contributed by atoms with Crippen molar-refractivity contribution in [3.8, 4) is 0 Å². The van der Waals surface area contributed by atoms with E-state index in [4.69, 9.17) is 4.74 Å². The van der Waals surface area contributed by atoms with Crippen LogP contribution in [0.5, 0.6) is 0 Å². The molecule has 5 nitrogen and oxygen atoms in total. The van der Waals surface area contributed by atoms with Gasteiger partial charge in [0.15, 0.2) is 0 Å². The minimum absolute atomic E-state index is 0.130. The van der Waals surface area contributed by atoms with Crippen LogP contribution in [0.25, 0.3) is 0 Å². The number of amides is 2. The molecule has 25 heavy (non-hydrogen) atoms. The third kappa shape index (κ3) is 3.80. The van der Waals surface area contributed by atoms with Crippen molar-refractivity contribution in [2.75, 3.05) is 18.0 Å². The van der Waals surface area contributed by atoms with E-state index in [1.54, 1.807) is 4.90 Å². The highest BCUT2D eigenvalue weighted by atomic mass is 16.6. The van der Waals surface area contributed by atoms with Gasteiger partial charge in [-0.2, -0.15) is 0 Å². The maximum atomic E-state index is 13.2. The SMILES string of the molecule is CC1Cc2ccccc2N1C(=O)C1CCCN(C(=O)OC(C)(C)C)C1. The van der Waals surface area contributed by atoms with Crippen molar-refractivity contribution in [3.05, 3.63) is 29.8 Å². The lowest BCUT2D eigenvalue weighted by molar-refractivity contribution is -0.124. The molecule has 136 valence electrons. The summed E-state index contributed by atoms with van der Waals surface area (Å²) in [6.07, 6.45) is 2.23. The third-order valence-corrected chi connectivity index (χ3v) is 4.87. The molecule has 1 saturated heterocycles. The zero-order chi connectivity index (χ0) is 18.2. The van der Waals surface area contributed by atoms with Crippen molar-refractivity contribution in [1.29, 1.82) is 0 Å². The van der Waals surface area contributed by atoms with E-state index in [0.29, 0.717) is 13.1 Å². The Morgan fingerprint density at radius 3 is 2.64 bits per heavy atom. The number of piperidine rings is 1. The molecule has 1 fully saturated rings. The molecule has 2 heterocycles. The summed E-state index contributed by atoms with van der Waals surface area (Å²) in [5, 5.41) is 0. The number of hydrogen-bond donors (Lipinski definition) is 0. The number of para-hydroxylation sites is 1. The molecule has 2 unspecified atom stereocenters. The van der Waals surface area contributed by atoms with Crippen LogP contribution in [0, 0.1) is 5.92 Å². The van der Waals surface area contributed by atoms with Gasteiger partial charge in [0.1, 0.15) is 5.60 Å². The number of likely N-dealkylation sites (tertiary alicyclic amines) is 1. The number of carbonyl (C=O) groups is 2. The van der Waals surface area contributed by atoms with Crippen LogP contribution in [0.3, 0.4) is 0 Å². The van der Waals surface area contributed by atoms with Crippen LogP contribution in [-0.2, 0) is 16.0 Å². The van der Waals surface area contributed by atoms with Crippen molar-refractivity contribution in [1.82, 2.24) is 4.90 Å². The summed E-state index contributed by atoms with van der Waals surface area (Å²) in [6.45, 7) is 8.78. The summed E-state index contributed by atoms with van der Waals surface area (Å²) in [4.78, 5) is 29.1. The fourth-order valence-corrected chi connectivity index (χ4v) is 3.77. The maximum Gasteiger partial charge on any atom is 0.410 e. The number of rotatable bonds is 1. The standard InChI is InChI=1S/C20H28N2O3/c1-14-12-15-8-5-6-10-17(15)22(14)18(23)16-9-7-11-21(13-16)19(24)25-20(2,3)4/h5-6,8,10,14,16H,7,9,11-13H2,1-4H3. The van der Waals surface area contributed by atoms with Gasteiger partial charge in [-0.25, -0.2) is 4.79 Å². The first-order chi connectivity index (χ1) is 11.8. The highest BCUT2D eigenvalue weighted by molar-refractivity contribution is 5.98. The third-order valence-electron chi connectivity index (χ3n) is 4.87. The Labute approximate surface area is 149 Å². The van der Waals surface area contributed by atoms with Crippen molar-refractivity contribution in [3.63, 3.8) is 0 Å². The number of carbonyl (C=O) groups excluding carboxylic acids is 2. The topological polar surface area (TPSA) is 49.9 Å². The quantitative estimate of drug-likeness (QED) is 0.782. The second-order valence-electron chi connectivity index (χ2n) is 8.16. The van der Waals surface area contributed by atoms with Gasteiger partial charge in [0.25, 0.3) is 0 Å². The van der Waals surface area contributed by atoms with E-state index in [9.17, 15) is 9.59 Å². The van der Waals surface area contributed by atoms with Crippen LogP contribution in [-0.4, -0.2) is 41.6 Å². The van der Waals surface area contributed by atoms with Gasteiger partial charge < -0.3 is 14.5 Å². The van der Waals surface area contributed by atoms with E-state index in [-0.39, 0.29) is 24.0 Å². The summed E-state index contributed by atoms with van der Waals surface area (Å²) in [7, 11) is 0. The van der Waals surface area contributed by atoms with Gasteiger partial charge in [0.05, 0.1) is 5.92 Å². The molecular weight excluding hydrogens is 316 g/mol. The van der Waals surface area contributed by atoms with Gasteiger partial charge in [0.2, 0.25) is 5.91 Å². The molecular formula is C20H28N2O3. The van der Waals surface area contributed by atoms with Gasteiger partial charge in [-0.15, -0.1) is 0 Å².